The topological polar surface area (TPSA) is 49.8 Å². The van der Waals surface area contributed by atoms with Crippen LogP contribution in [0, 0.1) is 22.0 Å². The quantitative estimate of drug-likeness (QED) is 0.184. The normalized spacial score (nSPS) is 12.8. The Morgan fingerprint density at radius 2 is 1.40 bits per heavy atom. The number of rotatable bonds is 3. The number of para-hydroxylation sites is 1. The fraction of sp³-hybridized carbons (Fsp3) is 0. The minimum atomic E-state index is -2.05. The number of fused-ring (bicyclic) bond motifs is 7. The van der Waals surface area contributed by atoms with Crippen LogP contribution >= 0.6 is 19.8 Å². The molecule has 3 nitrogen and oxygen atoms in total. The van der Waals surface area contributed by atoms with Crippen molar-refractivity contribution >= 4 is 41.8 Å². The molecule has 0 unspecified atom stereocenters. The van der Waals surface area contributed by atoms with Crippen LogP contribution in [0.15, 0.2) is 132 Å². The number of nitrogens with zero attached hydrogens (tertiary/aromatic N) is 2. The van der Waals surface area contributed by atoms with Gasteiger partial charge in [-0.1, -0.05) is 0 Å². The molecule has 1 aliphatic heterocycles. The van der Waals surface area contributed by atoms with Crippen LogP contribution in [-0.2, 0) is 0 Å². The van der Waals surface area contributed by atoms with Crippen molar-refractivity contribution < 1.29 is 4.42 Å². The van der Waals surface area contributed by atoms with E-state index in [1.807, 2.05) is 12.1 Å². The molecule has 0 saturated carbocycles. The molecule has 0 bridgehead atoms. The van der Waals surface area contributed by atoms with Gasteiger partial charge in [0.2, 0.25) is 0 Å². The first-order valence-corrected chi connectivity index (χ1v) is 16.3. The molecule has 1 aliphatic rings. The molecule has 7 aromatic rings. The van der Waals surface area contributed by atoms with Gasteiger partial charge in [0.25, 0.3) is 0 Å². The van der Waals surface area contributed by atoms with Crippen molar-refractivity contribution in [3.05, 3.63) is 144 Å². The summed E-state index contributed by atoms with van der Waals surface area (Å²) in [7, 11) is 0. The first-order valence-electron chi connectivity index (χ1n) is 13.1. The molecule has 0 radical (unpaired) electrons. The summed E-state index contributed by atoms with van der Waals surface area (Å²) in [6.45, 7) is 0. The summed E-state index contributed by atoms with van der Waals surface area (Å²) in [4.78, 5) is 4.26. The molecular weight excluding hydrogens is 603 g/mol. The maximum atomic E-state index is 9.11. The van der Waals surface area contributed by atoms with Gasteiger partial charge >= 0.3 is 240 Å². The van der Waals surface area contributed by atoms with E-state index < -0.39 is 19.8 Å². The van der Waals surface area contributed by atoms with Gasteiger partial charge in [0.1, 0.15) is 0 Å². The van der Waals surface area contributed by atoms with Crippen LogP contribution in [0.5, 0.6) is 0 Å². The molecule has 0 spiro atoms. The molecule has 40 heavy (non-hydrogen) atoms. The van der Waals surface area contributed by atoms with E-state index >= 15 is 0 Å². The Hall–Kier alpha value is -4.73. The van der Waals surface area contributed by atoms with E-state index in [9.17, 15) is 0 Å². The Morgan fingerprint density at radius 1 is 0.625 bits per heavy atom. The number of hydrogen-bond donors (Lipinski definition) is 0. The van der Waals surface area contributed by atoms with Gasteiger partial charge in [-0.2, -0.15) is 0 Å². The van der Waals surface area contributed by atoms with Gasteiger partial charge in [-0.3, -0.25) is 0 Å². The summed E-state index contributed by atoms with van der Waals surface area (Å²) in [5, 5.41) is 11.5. The molecule has 8 rings (SSSR count). The summed E-state index contributed by atoms with van der Waals surface area (Å²) >= 11 is -2.05. The summed E-state index contributed by atoms with van der Waals surface area (Å²) in [6.07, 6.45) is 1.77. The Labute approximate surface area is 238 Å². The molecule has 0 atom stereocenters. The van der Waals surface area contributed by atoms with E-state index in [0.29, 0.717) is 5.69 Å². The van der Waals surface area contributed by atoms with E-state index in [1.54, 1.807) is 12.3 Å². The van der Waals surface area contributed by atoms with E-state index in [4.69, 9.17) is 9.68 Å². The van der Waals surface area contributed by atoms with Gasteiger partial charge in [-0.15, -0.1) is 0 Å². The predicted molar refractivity (Wildman–Crippen MR) is 169 cm³/mol. The first kappa shape index (κ1) is 23.2. The van der Waals surface area contributed by atoms with Gasteiger partial charge in [0.15, 0.2) is 0 Å². The summed E-state index contributed by atoms with van der Waals surface area (Å²) in [5.74, 6) is 0. The van der Waals surface area contributed by atoms with Crippen molar-refractivity contribution in [2.45, 2.75) is 0 Å². The van der Waals surface area contributed by atoms with Crippen molar-refractivity contribution in [3.63, 3.8) is 0 Å². The second-order valence-corrected chi connectivity index (χ2v) is 14.9. The van der Waals surface area contributed by atoms with Crippen LogP contribution in [0.3, 0.4) is 0 Å². The minimum absolute atomic E-state index is 0.425. The molecule has 5 aromatic carbocycles. The van der Waals surface area contributed by atoms with E-state index in [0.717, 1.165) is 27.9 Å². The van der Waals surface area contributed by atoms with Crippen molar-refractivity contribution in [1.29, 1.82) is 5.26 Å². The zero-order valence-corrected chi connectivity index (χ0v) is 23.5. The number of halogens is 1. The Balaban J connectivity index is 1.29. The Bertz CT molecular complexity index is 2140. The van der Waals surface area contributed by atoms with Crippen molar-refractivity contribution in [2.24, 2.45) is 0 Å². The summed E-state index contributed by atoms with van der Waals surface area (Å²) in [6, 6.07) is 45.2. The third-order valence-electron chi connectivity index (χ3n) is 7.49. The number of aromatic nitrogens is 1. The van der Waals surface area contributed by atoms with Crippen molar-refractivity contribution in [2.75, 3.05) is 0 Å². The van der Waals surface area contributed by atoms with Crippen LogP contribution in [0.25, 0.3) is 55.3 Å². The Kier molecular flexibility index (Phi) is 5.32. The number of benzene rings is 5. The van der Waals surface area contributed by atoms with Crippen LogP contribution in [-0.4, -0.2) is 4.98 Å². The van der Waals surface area contributed by atoms with E-state index in [2.05, 4.69) is 114 Å². The SMILES string of the molecule is N#Cc1ccc(-c2cccc(-c3cccc(I4c5ccccc5-c5ccc6c(oc7ccccc76)c54)c3)c2)cn1. The van der Waals surface area contributed by atoms with Crippen LogP contribution in [0.2, 0.25) is 0 Å². The van der Waals surface area contributed by atoms with Crippen molar-refractivity contribution in [3.8, 4) is 39.4 Å². The maximum absolute atomic E-state index is 9.11. The third-order valence-corrected chi connectivity index (χ3v) is 13.7. The molecule has 0 N–H and O–H groups in total. The molecule has 0 fully saturated rings. The van der Waals surface area contributed by atoms with E-state index in [-0.39, 0.29) is 0 Å². The molecule has 3 heterocycles. The molecule has 0 amide bonds. The van der Waals surface area contributed by atoms with Gasteiger partial charge < -0.3 is 0 Å². The van der Waals surface area contributed by atoms with Crippen molar-refractivity contribution in [1.82, 2.24) is 4.98 Å². The van der Waals surface area contributed by atoms with Gasteiger partial charge in [-0.25, -0.2) is 0 Å². The van der Waals surface area contributed by atoms with E-state index in [1.165, 1.54) is 38.2 Å². The average Bonchev–Trinajstić information content (AvgIpc) is 3.57. The zero-order chi connectivity index (χ0) is 26.6. The molecular formula is C36H21IN2O. The molecule has 0 aliphatic carbocycles. The standard InChI is InChI=1S/C36H21IN2O/c38-21-28-16-15-26(22-39-28)24-8-5-7-23(19-24)25-9-6-10-27(20-25)37-33-13-3-1-11-29(33)31-17-18-32-30-12-2-4-14-34(30)40-36(32)35(31)37/h1-20,22H. The molecule has 0 saturated heterocycles. The van der Waals surface area contributed by atoms with Crippen LogP contribution in [0.1, 0.15) is 5.69 Å². The number of pyridine rings is 1. The first-order chi connectivity index (χ1) is 19.8. The number of furan rings is 1. The van der Waals surface area contributed by atoms with Gasteiger partial charge in [0, 0.05) is 0 Å². The predicted octanol–water partition coefficient (Wildman–Crippen LogP) is 9.58. The number of nitriles is 1. The molecule has 188 valence electrons. The molecule has 4 heteroatoms. The third kappa shape index (κ3) is 3.59. The number of hydrogen-bond acceptors (Lipinski definition) is 3. The van der Waals surface area contributed by atoms with Gasteiger partial charge in [0.05, 0.1) is 0 Å². The molecule has 2 aromatic heterocycles. The summed E-state index contributed by atoms with van der Waals surface area (Å²) in [5.41, 5.74) is 9.50. The van der Waals surface area contributed by atoms with Crippen LogP contribution in [0.4, 0.5) is 0 Å². The fourth-order valence-corrected chi connectivity index (χ4v) is 12.3. The second kappa shape index (κ2) is 9.18. The monoisotopic (exact) mass is 624 g/mol. The Morgan fingerprint density at radius 3 is 2.25 bits per heavy atom. The van der Waals surface area contributed by atoms with Crippen LogP contribution < -0.4 is 0 Å². The summed E-state index contributed by atoms with van der Waals surface area (Å²) < 4.78 is 10.8. The van der Waals surface area contributed by atoms with Gasteiger partial charge in [-0.05, 0) is 0 Å². The zero-order valence-electron chi connectivity index (χ0n) is 21.3. The average molecular weight is 624 g/mol. The second-order valence-electron chi connectivity index (χ2n) is 9.80. The fourth-order valence-electron chi connectivity index (χ4n) is 5.62.